The highest BCUT2D eigenvalue weighted by molar-refractivity contribution is 7.92. The van der Waals surface area contributed by atoms with E-state index in [1.807, 2.05) is 6.92 Å². The lowest BCUT2D eigenvalue weighted by Gasteiger charge is -2.30. The second-order valence-electron chi connectivity index (χ2n) is 5.91. The van der Waals surface area contributed by atoms with E-state index in [-0.39, 0.29) is 0 Å². The average molecular weight is 415 g/mol. The van der Waals surface area contributed by atoms with Crippen LogP contribution in [-0.4, -0.2) is 26.6 Å². The van der Waals surface area contributed by atoms with Gasteiger partial charge in [0.1, 0.15) is 6.04 Å². The van der Waals surface area contributed by atoms with Crippen LogP contribution in [0.4, 0.5) is 11.4 Å². The third-order valence-electron chi connectivity index (χ3n) is 3.85. The number of rotatable bonds is 6. The summed E-state index contributed by atoms with van der Waals surface area (Å²) in [4.78, 5) is 12.8. The van der Waals surface area contributed by atoms with E-state index in [1.165, 1.54) is 0 Å². The van der Waals surface area contributed by atoms with Gasteiger partial charge in [0.15, 0.2) is 0 Å². The number of anilines is 2. The number of benzene rings is 2. The Morgan fingerprint density at radius 3 is 2.27 bits per heavy atom. The lowest BCUT2D eigenvalue weighted by molar-refractivity contribution is -0.117. The Hall–Kier alpha value is -1.76. The molecular weight excluding hydrogens is 395 g/mol. The second kappa shape index (κ2) is 8.29. The van der Waals surface area contributed by atoms with E-state index < -0.39 is 22.0 Å². The molecule has 140 valence electrons. The van der Waals surface area contributed by atoms with Gasteiger partial charge in [-0.3, -0.25) is 9.10 Å². The SMILES string of the molecule is CCC(C(=O)Nc1ccc(C)c(Cl)c1)N(c1ccc(Cl)cc1)S(C)(=O)=O. The molecule has 1 N–H and O–H groups in total. The van der Waals surface area contributed by atoms with E-state index in [2.05, 4.69) is 5.32 Å². The molecule has 0 fully saturated rings. The van der Waals surface area contributed by atoms with Crippen molar-refractivity contribution >= 4 is 50.5 Å². The highest BCUT2D eigenvalue weighted by Crippen LogP contribution is 2.26. The Morgan fingerprint density at radius 2 is 1.77 bits per heavy atom. The van der Waals surface area contributed by atoms with Crippen molar-refractivity contribution in [2.45, 2.75) is 26.3 Å². The number of sulfonamides is 1. The first kappa shape index (κ1) is 20.6. The fraction of sp³-hybridized carbons (Fsp3) is 0.278. The zero-order valence-corrected chi connectivity index (χ0v) is 17.0. The van der Waals surface area contributed by atoms with E-state index in [0.29, 0.717) is 27.8 Å². The number of carbonyl (C=O) groups excluding carboxylic acids is 1. The standard InChI is InChI=1S/C18H20Cl2N2O3S/c1-4-17(18(23)21-14-8-5-12(2)16(20)11-14)22(26(3,24)25)15-9-6-13(19)7-10-15/h5-11,17H,4H2,1-3H3,(H,21,23). The smallest absolute Gasteiger partial charge is 0.248 e. The maximum absolute atomic E-state index is 12.8. The van der Waals surface area contributed by atoms with Crippen molar-refractivity contribution in [1.29, 1.82) is 0 Å². The summed E-state index contributed by atoms with van der Waals surface area (Å²) in [5.41, 5.74) is 1.77. The number of hydrogen-bond donors (Lipinski definition) is 1. The third-order valence-corrected chi connectivity index (χ3v) is 5.69. The summed E-state index contributed by atoms with van der Waals surface area (Å²) in [6.07, 6.45) is 1.36. The van der Waals surface area contributed by atoms with Crippen LogP contribution in [0.2, 0.25) is 10.0 Å². The number of carbonyl (C=O) groups is 1. The lowest BCUT2D eigenvalue weighted by atomic mass is 10.1. The minimum absolute atomic E-state index is 0.293. The molecule has 5 nitrogen and oxygen atoms in total. The van der Waals surface area contributed by atoms with Crippen LogP contribution in [0, 0.1) is 6.92 Å². The molecule has 0 heterocycles. The van der Waals surface area contributed by atoms with Crippen molar-refractivity contribution in [3.05, 3.63) is 58.1 Å². The van der Waals surface area contributed by atoms with Gasteiger partial charge < -0.3 is 5.32 Å². The van der Waals surface area contributed by atoms with Crippen molar-refractivity contribution in [2.75, 3.05) is 15.9 Å². The second-order valence-corrected chi connectivity index (χ2v) is 8.62. The van der Waals surface area contributed by atoms with Crippen molar-refractivity contribution in [3.8, 4) is 0 Å². The largest absolute Gasteiger partial charge is 0.324 e. The predicted octanol–water partition coefficient (Wildman–Crippen LogP) is 4.49. The zero-order chi connectivity index (χ0) is 19.5. The van der Waals surface area contributed by atoms with Gasteiger partial charge in [-0.25, -0.2) is 8.42 Å². The minimum atomic E-state index is -3.69. The van der Waals surface area contributed by atoms with Gasteiger partial charge in [-0.2, -0.15) is 0 Å². The molecule has 0 saturated carbocycles. The van der Waals surface area contributed by atoms with Crippen molar-refractivity contribution < 1.29 is 13.2 Å². The first-order valence-electron chi connectivity index (χ1n) is 7.95. The van der Waals surface area contributed by atoms with Gasteiger partial charge in [0.25, 0.3) is 0 Å². The summed E-state index contributed by atoms with van der Waals surface area (Å²) in [7, 11) is -3.69. The van der Waals surface area contributed by atoms with Crippen LogP contribution in [0.5, 0.6) is 0 Å². The maximum Gasteiger partial charge on any atom is 0.248 e. The summed E-state index contributed by atoms with van der Waals surface area (Å²) < 4.78 is 25.8. The maximum atomic E-state index is 12.8. The molecule has 1 atom stereocenters. The normalized spacial score (nSPS) is 12.5. The molecule has 8 heteroatoms. The number of hydrogen-bond acceptors (Lipinski definition) is 3. The number of nitrogens with zero attached hydrogens (tertiary/aromatic N) is 1. The Balaban J connectivity index is 2.36. The van der Waals surface area contributed by atoms with Crippen LogP contribution in [0.25, 0.3) is 0 Å². The highest BCUT2D eigenvalue weighted by Gasteiger charge is 2.31. The van der Waals surface area contributed by atoms with Crippen LogP contribution in [0.3, 0.4) is 0 Å². The van der Waals surface area contributed by atoms with E-state index >= 15 is 0 Å². The summed E-state index contributed by atoms with van der Waals surface area (Å²) in [6, 6.07) is 10.5. The quantitative estimate of drug-likeness (QED) is 0.756. The lowest BCUT2D eigenvalue weighted by Crippen LogP contribution is -2.47. The molecule has 0 bridgehead atoms. The van der Waals surface area contributed by atoms with Crippen LogP contribution in [0.15, 0.2) is 42.5 Å². The highest BCUT2D eigenvalue weighted by atomic mass is 35.5. The van der Waals surface area contributed by atoms with Gasteiger partial charge in [-0.15, -0.1) is 0 Å². The number of amides is 1. The number of aryl methyl sites for hydroxylation is 1. The summed E-state index contributed by atoms with van der Waals surface area (Å²) in [6.45, 7) is 3.61. The van der Waals surface area contributed by atoms with Gasteiger partial charge in [0.05, 0.1) is 11.9 Å². The van der Waals surface area contributed by atoms with Crippen LogP contribution in [-0.2, 0) is 14.8 Å². The topological polar surface area (TPSA) is 66.5 Å². The van der Waals surface area contributed by atoms with Crippen molar-refractivity contribution in [1.82, 2.24) is 0 Å². The Kier molecular flexibility index (Phi) is 6.55. The van der Waals surface area contributed by atoms with Gasteiger partial charge in [0, 0.05) is 15.7 Å². The average Bonchev–Trinajstić information content (AvgIpc) is 2.56. The van der Waals surface area contributed by atoms with Crippen molar-refractivity contribution in [3.63, 3.8) is 0 Å². The van der Waals surface area contributed by atoms with E-state index in [9.17, 15) is 13.2 Å². The van der Waals surface area contributed by atoms with Crippen LogP contribution in [0.1, 0.15) is 18.9 Å². The Morgan fingerprint density at radius 1 is 1.15 bits per heavy atom. The molecular formula is C18H20Cl2N2O3S. The van der Waals surface area contributed by atoms with E-state index in [4.69, 9.17) is 23.2 Å². The monoisotopic (exact) mass is 414 g/mol. The Bertz CT molecular complexity index is 899. The number of halogens is 2. The van der Waals surface area contributed by atoms with Crippen molar-refractivity contribution in [2.24, 2.45) is 0 Å². The molecule has 0 aliphatic heterocycles. The molecule has 2 rings (SSSR count). The molecule has 2 aromatic carbocycles. The molecule has 26 heavy (non-hydrogen) atoms. The summed E-state index contributed by atoms with van der Waals surface area (Å²) in [5, 5.41) is 3.74. The minimum Gasteiger partial charge on any atom is -0.324 e. The van der Waals surface area contributed by atoms with Gasteiger partial charge in [-0.05, 0) is 55.3 Å². The van der Waals surface area contributed by atoms with Gasteiger partial charge in [-0.1, -0.05) is 36.2 Å². The van der Waals surface area contributed by atoms with Crippen LogP contribution < -0.4 is 9.62 Å². The van der Waals surface area contributed by atoms with Gasteiger partial charge >= 0.3 is 0 Å². The molecule has 1 unspecified atom stereocenters. The molecule has 0 aromatic heterocycles. The number of nitrogens with one attached hydrogen (secondary N) is 1. The molecule has 1 amide bonds. The fourth-order valence-electron chi connectivity index (χ4n) is 2.54. The van der Waals surface area contributed by atoms with Crippen LogP contribution >= 0.6 is 23.2 Å². The van der Waals surface area contributed by atoms with E-state index in [1.54, 1.807) is 49.4 Å². The predicted molar refractivity (Wildman–Crippen MR) is 108 cm³/mol. The molecule has 0 radical (unpaired) electrons. The molecule has 0 spiro atoms. The van der Waals surface area contributed by atoms with E-state index in [0.717, 1.165) is 16.1 Å². The summed E-state index contributed by atoms with van der Waals surface area (Å²) >= 11 is 12.0. The van der Waals surface area contributed by atoms with Gasteiger partial charge in [0.2, 0.25) is 15.9 Å². The fourth-order valence-corrected chi connectivity index (χ4v) is 4.06. The Labute approximate surface area is 164 Å². The third kappa shape index (κ3) is 4.90. The zero-order valence-electron chi connectivity index (χ0n) is 14.7. The molecule has 0 aliphatic rings. The molecule has 0 saturated heterocycles. The first-order chi connectivity index (χ1) is 12.1. The molecule has 2 aromatic rings. The molecule has 0 aliphatic carbocycles. The first-order valence-corrected chi connectivity index (χ1v) is 10.6. The summed E-state index contributed by atoms with van der Waals surface area (Å²) in [5.74, 6) is -0.437.